The molecule has 0 amide bonds. The van der Waals surface area contributed by atoms with Crippen molar-refractivity contribution in [3.8, 4) is 0 Å². The van der Waals surface area contributed by atoms with Gasteiger partial charge in [0, 0.05) is 18.0 Å². The molecule has 0 aliphatic heterocycles. The lowest BCUT2D eigenvalue weighted by molar-refractivity contribution is 0.217. The quantitative estimate of drug-likeness (QED) is 0.475. The molecule has 0 aromatic rings. The maximum absolute atomic E-state index is 6.15. The summed E-state index contributed by atoms with van der Waals surface area (Å²) in [5.41, 5.74) is 0. The summed E-state index contributed by atoms with van der Waals surface area (Å²) in [6, 6.07) is 0.507. The van der Waals surface area contributed by atoms with Crippen LogP contribution in [0.4, 0.5) is 0 Å². The number of alkyl halides is 1. The average Bonchev–Trinajstić information content (AvgIpc) is 2.38. The summed E-state index contributed by atoms with van der Waals surface area (Å²) in [6.07, 6.45) is 13.9. The first-order valence-corrected chi connectivity index (χ1v) is 7.41. The van der Waals surface area contributed by atoms with Crippen LogP contribution in [0.1, 0.15) is 39.0 Å². The van der Waals surface area contributed by atoms with E-state index in [-0.39, 0.29) is 0 Å². The third kappa shape index (κ3) is 5.30. The van der Waals surface area contributed by atoms with Crippen molar-refractivity contribution in [2.24, 2.45) is 5.92 Å². The van der Waals surface area contributed by atoms with Crippen molar-refractivity contribution < 1.29 is 0 Å². The van der Waals surface area contributed by atoms with Crippen molar-refractivity contribution in [1.29, 1.82) is 0 Å². The molecule has 0 heterocycles. The van der Waals surface area contributed by atoms with Gasteiger partial charge in [0.25, 0.3) is 0 Å². The third-order valence-corrected chi connectivity index (χ3v) is 4.23. The van der Waals surface area contributed by atoms with Crippen molar-refractivity contribution in [2.75, 3.05) is 6.54 Å². The van der Waals surface area contributed by atoms with Gasteiger partial charge in [-0.1, -0.05) is 31.4 Å². The zero-order valence-corrected chi connectivity index (χ0v) is 12.3. The van der Waals surface area contributed by atoms with Crippen LogP contribution in [0.2, 0.25) is 0 Å². The Bertz CT molecular complexity index is 277. The SMILES string of the molecule is C=C/C=C/CC(C)N(C=C)CC1CCC(Cl)CC1. The minimum atomic E-state index is 0.409. The number of hydrogen-bond acceptors (Lipinski definition) is 1. The predicted octanol–water partition coefficient (Wildman–Crippen LogP) is 4.75. The first-order chi connectivity index (χ1) is 8.67. The highest BCUT2D eigenvalue weighted by Gasteiger charge is 2.21. The van der Waals surface area contributed by atoms with Crippen molar-refractivity contribution >= 4 is 11.6 Å². The monoisotopic (exact) mass is 267 g/mol. The molecular formula is C16H26ClN. The maximum Gasteiger partial charge on any atom is 0.0336 e. The number of hydrogen-bond donors (Lipinski definition) is 0. The van der Waals surface area contributed by atoms with Crippen LogP contribution < -0.4 is 0 Å². The highest BCUT2D eigenvalue weighted by Crippen LogP contribution is 2.28. The molecule has 18 heavy (non-hydrogen) atoms. The Kier molecular flexibility index (Phi) is 7.19. The van der Waals surface area contributed by atoms with Crippen LogP contribution in [-0.4, -0.2) is 22.9 Å². The molecule has 0 bridgehead atoms. The Hall–Kier alpha value is -0.690. The standard InChI is InChI=1S/C16H26ClN/c1-4-6-7-8-14(3)18(5-2)13-15-9-11-16(17)12-10-15/h4-7,14-16H,1-2,8-13H2,3H3/b7-6+. The molecule has 0 N–H and O–H groups in total. The Morgan fingerprint density at radius 1 is 1.28 bits per heavy atom. The maximum atomic E-state index is 6.15. The average molecular weight is 268 g/mol. The van der Waals surface area contributed by atoms with Crippen molar-refractivity contribution in [2.45, 2.75) is 50.4 Å². The van der Waals surface area contributed by atoms with Gasteiger partial charge in [0.05, 0.1) is 0 Å². The van der Waals surface area contributed by atoms with Gasteiger partial charge in [-0.25, -0.2) is 0 Å². The van der Waals surface area contributed by atoms with Gasteiger partial charge in [0.2, 0.25) is 0 Å². The fourth-order valence-corrected chi connectivity index (χ4v) is 2.80. The zero-order chi connectivity index (χ0) is 13.4. The molecule has 0 aromatic heterocycles. The highest BCUT2D eigenvalue weighted by atomic mass is 35.5. The molecule has 1 saturated carbocycles. The Labute approximate surface area is 117 Å². The van der Waals surface area contributed by atoms with E-state index in [1.807, 2.05) is 18.4 Å². The molecule has 1 unspecified atom stereocenters. The number of halogens is 1. The second-order valence-corrected chi connectivity index (χ2v) is 5.86. The fourth-order valence-electron chi connectivity index (χ4n) is 2.54. The molecular weight excluding hydrogens is 242 g/mol. The molecule has 102 valence electrons. The van der Waals surface area contributed by atoms with Gasteiger partial charge in [-0.15, -0.1) is 11.6 Å². The lowest BCUT2D eigenvalue weighted by atomic mass is 9.88. The second-order valence-electron chi connectivity index (χ2n) is 5.25. The van der Waals surface area contributed by atoms with Gasteiger partial charge in [-0.3, -0.25) is 0 Å². The van der Waals surface area contributed by atoms with Gasteiger partial charge in [-0.2, -0.15) is 0 Å². The van der Waals surface area contributed by atoms with Crippen molar-refractivity contribution in [1.82, 2.24) is 4.90 Å². The van der Waals surface area contributed by atoms with Gasteiger partial charge < -0.3 is 4.90 Å². The topological polar surface area (TPSA) is 3.24 Å². The van der Waals surface area contributed by atoms with Crippen LogP contribution in [0.15, 0.2) is 37.6 Å². The van der Waals surface area contributed by atoms with Crippen LogP contribution in [0.25, 0.3) is 0 Å². The summed E-state index contributed by atoms with van der Waals surface area (Å²) in [5, 5.41) is 0.409. The Balaban J connectivity index is 2.38. The summed E-state index contributed by atoms with van der Waals surface area (Å²) in [7, 11) is 0. The summed E-state index contributed by atoms with van der Waals surface area (Å²) in [5.74, 6) is 0.781. The van der Waals surface area contributed by atoms with E-state index in [1.54, 1.807) is 0 Å². The Morgan fingerprint density at radius 2 is 1.94 bits per heavy atom. The van der Waals surface area contributed by atoms with E-state index >= 15 is 0 Å². The van der Waals surface area contributed by atoms with E-state index in [2.05, 4.69) is 31.1 Å². The predicted molar refractivity (Wildman–Crippen MR) is 81.9 cm³/mol. The molecule has 1 fully saturated rings. The molecule has 0 radical (unpaired) electrons. The Morgan fingerprint density at radius 3 is 2.50 bits per heavy atom. The summed E-state index contributed by atoms with van der Waals surface area (Å²) in [4.78, 5) is 2.37. The van der Waals surface area contributed by atoms with Crippen molar-refractivity contribution in [3.05, 3.63) is 37.6 Å². The van der Waals surface area contributed by atoms with Crippen LogP contribution in [-0.2, 0) is 0 Å². The van der Waals surface area contributed by atoms with E-state index in [1.165, 1.54) is 25.7 Å². The molecule has 0 aromatic carbocycles. The zero-order valence-electron chi connectivity index (χ0n) is 11.5. The lowest BCUT2D eigenvalue weighted by Crippen LogP contribution is -2.33. The minimum Gasteiger partial charge on any atom is -0.375 e. The van der Waals surface area contributed by atoms with E-state index in [0.29, 0.717) is 11.4 Å². The smallest absolute Gasteiger partial charge is 0.0336 e. The fraction of sp³-hybridized carbons (Fsp3) is 0.625. The van der Waals surface area contributed by atoms with Gasteiger partial charge in [0.15, 0.2) is 0 Å². The number of rotatable bonds is 7. The molecule has 1 atom stereocenters. The van der Waals surface area contributed by atoms with E-state index < -0.39 is 0 Å². The lowest BCUT2D eigenvalue weighted by Gasteiger charge is -2.33. The van der Waals surface area contributed by atoms with Gasteiger partial charge >= 0.3 is 0 Å². The van der Waals surface area contributed by atoms with Crippen LogP contribution in [0.5, 0.6) is 0 Å². The molecule has 1 aliphatic carbocycles. The van der Waals surface area contributed by atoms with Crippen LogP contribution >= 0.6 is 11.6 Å². The van der Waals surface area contributed by atoms with E-state index in [4.69, 9.17) is 11.6 Å². The van der Waals surface area contributed by atoms with Crippen LogP contribution in [0.3, 0.4) is 0 Å². The molecule has 0 saturated heterocycles. The first kappa shape index (κ1) is 15.4. The highest BCUT2D eigenvalue weighted by molar-refractivity contribution is 6.20. The minimum absolute atomic E-state index is 0.409. The molecule has 1 rings (SSSR count). The molecule has 2 heteroatoms. The summed E-state index contributed by atoms with van der Waals surface area (Å²) >= 11 is 6.15. The number of allylic oxidation sites excluding steroid dienone is 2. The molecule has 1 aliphatic rings. The van der Waals surface area contributed by atoms with Gasteiger partial charge in [-0.05, 0) is 51.1 Å². The molecule has 1 nitrogen and oxygen atoms in total. The largest absolute Gasteiger partial charge is 0.375 e. The molecule has 0 spiro atoms. The van der Waals surface area contributed by atoms with E-state index in [9.17, 15) is 0 Å². The summed E-state index contributed by atoms with van der Waals surface area (Å²) in [6.45, 7) is 11.0. The van der Waals surface area contributed by atoms with Crippen LogP contribution in [0, 0.1) is 5.92 Å². The second kappa shape index (κ2) is 8.42. The summed E-state index contributed by atoms with van der Waals surface area (Å²) < 4.78 is 0. The first-order valence-electron chi connectivity index (χ1n) is 6.97. The normalized spacial score (nSPS) is 25.9. The number of nitrogens with zero attached hydrogens (tertiary/aromatic N) is 1. The van der Waals surface area contributed by atoms with E-state index in [0.717, 1.165) is 18.9 Å². The van der Waals surface area contributed by atoms with Gasteiger partial charge in [0.1, 0.15) is 0 Å². The van der Waals surface area contributed by atoms with Crippen molar-refractivity contribution in [3.63, 3.8) is 0 Å². The third-order valence-electron chi connectivity index (χ3n) is 3.80.